The van der Waals surface area contributed by atoms with E-state index in [0.29, 0.717) is 6.04 Å². The van der Waals surface area contributed by atoms with Crippen LogP contribution >= 0.6 is 0 Å². The van der Waals surface area contributed by atoms with Crippen LogP contribution in [0, 0.1) is 0 Å². The van der Waals surface area contributed by atoms with Gasteiger partial charge in [-0.15, -0.1) is 0 Å². The molecule has 1 N–H and O–H groups in total. The standard InChI is InChI=1S/C10H20N6/c1-3-9(16-6-4-5-7-16)8-11-10-12-13-14-15(10)2/h9H,3-8H2,1-2H3,(H,11,12,14). The van der Waals surface area contributed by atoms with Gasteiger partial charge in [0.25, 0.3) is 0 Å². The molecule has 0 bridgehead atoms. The number of anilines is 1. The Labute approximate surface area is 96.0 Å². The van der Waals surface area contributed by atoms with Gasteiger partial charge in [-0.05, 0) is 42.8 Å². The summed E-state index contributed by atoms with van der Waals surface area (Å²) in [4.78, 5) is 2.55. The fourth-order valence-electron chi connectivity index (χ4n) is 2.23. The molecule has 2 rings (SSSR count). The van der Waals surface area contributed by atoms with Crippen molar-refractivity contribution in [3.8, 4) is 0 Å². The number of hydrogen-bond donors (Lipinski definition) is 1. The van der Waals surface area contributed by atoms with Gasteiger partial charge in [0.05, 0.1) is 0 Å². The van der Waals surface area contributed by atoms with Crippen molar-refractivity contribution < 1.29 is 0 Å². The van der Waals surface area contributed by atoms with Gasteiger partial charge < -0.3 is 5.32 Å². The largest absolute Gasteiger partial charge is 0.352 e. The van der Waals surface area contributed by atoms with Crippen LogP contribution in [0.5, 0.6) is 0 Å². The Morgan fingerprint density at radius 1 is 1.38 bits per heavy atom. The summed E-state index contributed by atoms with van der Waals surface area (Å²) < 4.78 is 1.66. The zero-order valence-electron chi connectivity index (χ0n) is 10.1. The smallest absolute Gasteiger partial charge is 0.242 e. The molecule has 2 heterocycles. The molecule has 1 aromatic rings. The normalized spacial score (nSPS) is 18.9. The lowest BCUT2D eigenvalue weighted by atomic mass is 10.2. The molecule has 6 heteroatoms. The quantitative estimate of drug-likeness (QED) is 0.789. The van der Waals surface area contributed by atoms with Gasteiger partial charge in [0, 0.05) is 19.6 Å². The first kappa shape index (κ1) is 11.3. The summed E-state index contributed by atoms with van der Waals surface area (Å²) in [5, 5.41) is 14.6. The van der Waals surface area contributed by atoms with E-state index in [1.54, 1.807) is 4.68 Å². The van der Waals surface area contributed by atoms with Gasteiger partial charge in [-0.1, -0.05) is 12.0 Å². The first-order valence-electron chi connectivity index (χ1n) is 6.01. The zero-order chi connectivity index (χ0) is 11.4. The molecule has 1 unspecified atom stereocenters. The highest BCUT2D eigenvalue weighted by atomic mass is 15.6. The van der Waals surface area contributed by atoms with Gasteiger partial charge in [0.1, 0.15) is 0 Å². The van der Waals surface area contributed by atoms with Gasteiger partial charge in [0.15, 0.2) is 0 Å². The third-order valence-corrected chi connectivity index (χ3v) is 3.24. The highest BCUT2D eigenvalue weighted by Crippen LogP contribution is 2.14. The molecule has 0 aromatic carbocycles. The van der Waals surface area contributed by atoms with E-state index in [0.717, 1.165) is 18.9 Å². The highest BCUT2D eigenvalue weighted by molar-refractivity contribution is 5.21. The molecule has 90 valence electrons. The van der Waals surface area contributed by atoms with E-state index < -0.39 is 0 Å². The summed E-state index contributed by atoms with van der Waals surface area (Å²) in [5.74, 6) is 0.748. The van der Waals surface area contributed by atoms with E-state index >= 15 is 0 Å². The lowest BCUT2D eigenvalue weighted by Gasteiger charge is -2.26. The lowest BCUT2D eigenvalue weighted by Crippen LogP contribution is -2.37. The topological polar surface area (TPSA) is 58.9 Å². The van der Waals surface area contributed by atoms with Crippen LogP contribution in [-0.4, -0.2) is 50.8 Å². The van der Waals surface area contributed by atoms with Crippen molar-refractivity contribution >= 4 is 5.95 Å². The van der Waals surface area contributed by atoms with Crippen LogP contribution < -0.4 is 5.32 Å². The number of likely N-dealkylation sites (tertiary alicyclic amines) is 1. The summed E-state index contributed by atoms with van der Waals surface area (Å²) in [6.45, 7) is 5.62. The third kappa shape index (κ3) is 2.49. The SMILES string of the molecule is CCC(CNc1nnnn1C)N1CCCC1. The summed E-state index contributed by atoms with van der Waals surface area (Å²) in [6, 6.07) is 0.596. The highest BCUT2D eigenvalue weighted by Gasteiger charge is 2.20. The van der Waals surface area contributed by atoms with E-state index in [-0.39, 0.29) is 0 Å². The number of aromatic nitrogens is 4. The van der Waals surface area contributed by atoms with Crippen molar-refractivity contribution in [1.82, 2.24) is 25.1 Å². The maximum Gasteiger partial charge on any atom is 0.242 e. The second kappa shape index (κ2) is 5.25. The molecule has 0 radical (unpaired) electrons. The summed E-state index contributed by atoms with van der Waals surface area (Å²) >= 11 is 0. The number of aryl methyl sites for hydroxylation is 1. The van der Waals surface area contributed by atoms with Crippen molar-refractivity contribution in [3.63, 3.8) is 0 Å². The molecule has 0 spiro atoms. The van der Waals surface area contributed by atoms with E-state index in [1.165, 1.54) is 25.9 Å². The fourth-order valence-corrected chi connectivity index (χ4v) is 2.23. The van der Waals surface area contributed by atoms with Crippen LogP contribution in [0.25, 0.3) is 0 Å². The fraction of sp³-hybridized carbons (Fsp3) is 0.900. The molecular weight excluding hydrogens is 204 g/mol. The number of tetrazole rings is 1. The van der Waals surface area contributed by atoms with Gasteiger partial charge in [-0.25, -0.2) is 4.68 Å². The van der Waals surface area contributed by atoms with E-state index in [1.807, 2.05) is 7.05 Å². The molecule has 1 fully saturated rings. The van der Waals surface area contributed by atoms with Gasteiger partial charge >= 0.3 is 0 Å². The molecule has 0 amide bonds. The van der Waals surface area contributed by atoms with Crippen LogP contribution in [0.4, 0.5) is 5.95 Å². The minimum Gasteiger partial charge on any atom is -0.352 e. The Bertz CT molecular complexity index is 317. The van der Waals surface area contributed by atoms with Crippen LogP contribution in [0.1, 0.15) is 26.2 Å². The molecule has 1 aliphatic rings. The molecular formula is C10H20N6. The second-order valence-electron chi connectivity index (χ2n) is 4.31. The number of nitrogens with zero attached hydrogens (tertiary/aromatic N) is 5. The Morgan fingerprint density at radius 3 is 2.69 bits per heavy atom. The average molecular weight is 224 g/mol. The first-order valence-corrected chi connectivity index (χ1v) is 6.01. The van der Waals surface area contributed by atoms with Crippen LogP contribution in [-0.2, 0) is 7.05 Å². The molecule has 1 aromatic heterocycles. The van der Waals surface area contributed by atoms with Crippen molar-refractivity contribution in [2.75, 3.05) is 25.0 Å². The molecule has 1 saturated heterocycles. The maximum atomic E-state index is 3.92. The molecule has 1 aliphatic heterocycles. The first-order chi connectivity index (χ1) is 7.81. The summed E-state index contributed by atoms with van der Waals surface area (Å²) in [5.41, 5.74) is 0. The van der Waals surface area contributed by atoms with Gasteiger partial charge in [0.2, 0.25) is 5.95 Å². The molecule has 1 atom stereocenters. The predicted molar refractivity (Wildman–Crippen MR) is 62.2 cm³/mol. The number of hydrogen-bond acceptors (Lipinski definition) is 5. The van der Waals surface area contributed by atoms with Crippen LogP contribution in [0.2, 0.25) is 0 Å². The van der Waals surface area contributed by atoms with Gasteiger partial charge in [-0.3, -0.25) is 4.90 Å². The van der Waals surface area contributed by atoms with Crippen molar-refractivity contribution in [1.29, 1.82) is 0 Å². The lowest BCUT2D eigenvalue weighted by molar-refractivity contribution is 0.246. The van der Waals surface area contributed by atoms with Crippen molar-refractivity contribution in [3.05, 3.63) is 0 Å². The number of rotatable bonds is 5. The summed E-state index contributed by atoms with van der Waals surface area (Å²) in [7, 11) is 1.85. The van der Waals surface area contributed by atoms with Crippen LogP contribution in [0.15, 0.2) is 0 Å². The average Bonchev–Trinajstić information content (AvgIpc) is 2.92. The van der Waals surface area contributed by atoms with Crippen molar-refractivity contribution in [2.24, 2.45) is 7.05 Å². The number of nitrogens with one attached hydrogen (secondary N) is 1. The Kier molecular flexibility index (Phi) is 3.71. The van der Waals surface area contributed by atoms with Crippen molar-refractivity contribution in [2.45, 2.75) is 32.2 Å². The Balaban J connectivity index is 1.85. The van der Waals surface area contributed by atoms with E-state index in [2.05, 4.69) is 32.7 Å². The molecule has 16 heavy (non-hydrogen) atoms. The minimum atomic E-state index is 0.596. The van der Waals surface area contributed by atoms with E-state index in [4.69, 9.17) is 0 Å². The molecule has 0 aliphatic carbocycles. The monoisotopic (exact) mass is 224 g/mol. The second-order valence-corrected chi connectivity index (χ2v) is 4.31. The van der Waals surface area contributed by atoms with Gasteiger partial charge in [-0.2, -0.15) is 0 Å². The Morgan fingerprint density at radius 2 is 2.12 bits per heavy atom. The minimum absolute atomic E-state index is 0.596. The van der Waals surface area contributed by atoms with E-state index in [9.17, 15) is 0 Å². The summed E-state index contributed by atoms with van der Waals surface area (Å²) in [6.07, 6.45) is 3.84. The predicted octanol–water partition coefficient (Wildman–Crippen LogP) is 0.496. The third-order valence-electron chi connectivity index (χ3n) is 3.24. The zero-order valence-corrected chi connectivity index (χ0v) is 10.1. The molecule has 0 saturated carbocycles. The maximum absolute atomic E-state index is 3.92. The Hall–Kier alpha value is -1.17. The molecule has 6 nitrogen and oxygen atoms in total. The van der Waals surface area contributed by atoms with Crippen LogP contribution in [0.3, 0.4) is 0 Å².